The number of carbonyl (C=O) groups is 3. The normalized spacial score (nSPS) is 20.0. The average Bonchev–Trinajstić information content (AvgIpc) is 2.90. The second-order valence-electron chi connectivity index (χ2n) is 7.31. The third-order valence-corrected chi connectivity index (χ3v) is 5.41. The van der Waals surface area contributed by atoms with E-state index in [9.17, 15) is 19.5 Å². The molecule has 1 N–H and O–H groups in total. The van der Waals surface area contributed by atoms with E-state index in [-0.39, 0.29) is 31.4 Å². The molecule has 3 rings (SSSR count). The summed E-state index contributed by atoms with van der Waals surface area (Å²) < 4.78 is 10.1. The Morgan fingerprint density at radius 2 is 1.85 bits per heavy atom. The number of imide groups is 1. The maximum absolute atomic E-state index is 12.7. The minimum Gasteiger partial charge on any atom is -0.491 e. The van der Waals surface area contributed by atoms with Crippen LogP contribution < -0.4 is 4.74 Å². The van der Waals surface area contributed by atoms with Crippen LogP contribution in [0.1, 0.15) is 48.9 Å². The molecule has 1 aromatic carbocycles. The smallest absolute Gasteiger partial charge is 0.337 e. The molecule has 7 nitrogen and oxygen atoms in total. The van der Waals surface area contributed by atoms with Gasteiger partial charge in [-0.05, 0) is 37.1 Å². The first-order valence-corrected chi connectivity index (χ1v) is 9.29. The predicted octanol–water partition coefficient (Wildman–Crippen LogP) is 1.92. The molecule has 1 aliphatic heterocycles. The third-order valence-electron chi connectivity index (χ3n) is 5.41. The number of hydrogen-bond acceptors (Lipinski definition) is 6. The Labute approximate surface area is 158 Å². The van der Waals surface area contributed by atoms with Crippen LogP contribution in [0.3, 0.4) is 0 Å². The molecule has 1 spiro atoms. The number of aliphatic hydroxyl groups excluding tert-OH is 1. The first-order chi connectivity index (χ1) is 12.9. The van der Waals surface area contributed by atoms with Crippen molar-refractivity contribution < 1.29 is 29.0 Å². The van der Waals surface area contributed by atoms with Crippen LogP contribution >= 0.6 is 0 Å². The van der Waals surface area contributed by atoms with Crippen LogP contribution in [0.2, 0.25) is 0 Å². The van der Waals surface area contributed by atoms with E-state index in [0.717, 1.165) is 32.1 Å². The van der Waals surface area contributed by atoms with Crippen molar-refractivity contribution in [3.8, 4) is 5.75 Å². The van der Waals surface area contributed by atoms with Crippen LogP contribution in [-0.4, -0.2) is 54.2 Å². The quantitative estimate of drug-likeness (QED) is 0.603. The molecule has 0 radical (unpaired) electrons. The fourth-order valence-electron chi connectivity index (χ4n) is 3.92. The Morgan fingerprint density at radius 1 is 1.19 bits per heavy atom. The molecule has 7 heteroatoms. The number of β-amino-alcohol motifs (C(OH)–C–C–N with tert-alkyl or cyclic N) is 1. The minimum absolute atomic E-state index is 0.0539. The number of esters is 1. The lowest BCUT2D eigenvalue weighted by atomic mass is 9.73. The molecule has 1 unspecified atom stereocenters. The molecule has 1 saturated heterocycles. The molecule has 2 aliphatic rings. The van der Waals surface area contributed by atoms with Gasteiger partial charge in [-0.1, -0.05) is 19.3 Å². The number of rotatable bonds is 6. The summed E-state index contributed by atoms with van der Waals surface area (Å²) in [6.45, 7) is -0.110. The summed E-state index contributed by atoms with van der Waals surface area (Å²) in [6.07, 6.45) is 3.85. The maximum Gasteiger partial charge on any atom is 0.337 e. The molecule has 2 fully saturated rings. The van der Waals surface area contributed by atoms with Gasteiger partial charge < -0.3 is 14.6 Å². The number of ether oxygens (including phenoxy) is 2. The van der Waals surface area contributed by atoms with Crippen molar-refractivity contribution >= 4 is 17.8 Å². The fourth-order valence-corrected chi connectivity index (χ4v) is 3.92. The van der Waals surface area contributed by atoms with Crippen molar-refractivity contribution in [1.29, 1.82) is 0 Å². The number of benzene rings is 1. The summed E-state index contributed by atoms with van der Waals surface area (Å²) in [4.78, 5) is 37.6. The highest BCUT2D eigenvalue weighted by atomic mass is 16.5. The van der Waals surface area contributed by atoms with E-state index in [1.807, 2.05) is 0 Å². The van der Waals surface area contributed by atoms with Crippen molar-refractivity contribution in [3.05, 3.63) is 29.8 Å². The first kappa shape index (κ1) is 19.4. The van der Waals surface area contributed by atoms with Crippen LogP contribution in [0, 0.1) is 5.41 Å². The fraction of sp³-hybridized carbons (Fsp3) is 0.550. The Kier molecular flexibility index (Phi) is 5.79. The number of likely N-dealkylation sites (tertiary alicyclic amines) is 1. The standard InChI is InChI=1S/C20H25NO6/c1-26-18(24)14-5-7-16(8-6-14)27-13-15(22)12-21-17(23)11-20(19(21)25)9-3-2-4-10-20/h5-8,15,22H,2-4,9-13H2,1H3. The van der Waals surface area contributed by atoms with E-state index in [2.05, 4.69) is 4.74 Å². The highest BCUT2D eigenvalue weighted by molar-refractivity contribution is 6.06. The molecule has 2 amide bonds. The van der Waals surface area contributed by atoms with E-state index in [1.165, 1.54) is 12.0 Å². The molecule has 146 valence electrons. The largest absolute Gasteiger partial charge is 0.491 e. The van der Waals surface area contributed by atoms with E-state index < -0.39 is 17.5 Å². The molecule has 1 heterocycles. The number of hydrogen-bond donors (Lipinski definition) is 1. The van der Waals surface area contributed by atoms with Gasteiger partial charge in [-0.3, -0.25) is 14.5 Å². The van der Waals surface area contributed by atoms with Gasteiger partial charge in [0.15, 0.2) is 0 Å². The lowest BCUT2D eigenvalue weighted by molar-refractivity contribution is -0.144. The second-order valence-corrected chi connectivity index (χ2v) is 7.31. The van der Waals surface area contributed by atoms with Crippen molar-refractivity contribution in [3.63, 3.8) is 0 Å². The van der Waals surface area contributed by atoms with Crippen molar-refractivity contribution in [2.45, 2.75) is 44.6 Å². The van der Waals surface area contributed by atoms with Gasteiger partial charge in [0.1, 0.15) is 18.5 Å². The zero-order chi connectivity index (χ0) is 19.4. The lowest BCUT2D eigenvalue weighted by Gasteiger charge is -2.30. The molecule has 1 aromatic rings. The molecular weight excluding hydrogens is 350 g/mol. The average molecular weight is 375 g/mol. The Morgan fingerprint density at radius 3 is 2.48 bits per heavy atom. The zero-order valence-electron chi connectivity index (χ0n) is 15.5. The van der Waals surface area contributed by atoms with Gasteiger partial charge >= 0.3 is 5.97 Å². The Hall–Kier alpha value is -2.41. The summed E-state index contributed by atoms with van der Waals surface area (Å²) in [5.41, 5.74) is -0.143. The van der Waals surface area contributed by atoms with Crippen LogP contribution in [0.25, 0.3) is 0 Å². The SMILES string of the molecule is COC(=O)c1ccc(OCC(O)CN2C(=O)CC3(CCCCC3)C2=O)cc1. The minimum atomic E-state index is -0.975. The molecule has 1 aliphatic carbocycles. The molecule has 0 aromatic heterocycles. The molecular formula is C20H25NO6. The number of methoxy groups -OCH3 is 1. The van der Waals surface area contributed by atoms with E-state index >= 15 is 0 Å². The number of nitrogens with zero attached hydrogens (tertiary/aromatic N) is 1. The van der Waals surface area contributed by atoms with E-state index in [1.54, 1.807) is 24.3 Å². The zero-order valence-corrected chi connectivity index (χ0v) is 15.5. The summed E-state index contributed by atoms with van der Waals surface area (Å²) in [5, 5.41) is 10.2. The van der Waals surface area contributed by atoms with Gasteiger partial charge in [-0.2, -0.15) is 0 Å². The second kappa shape index (κ2) is 8.08. The molecule has 0 bridgehead atoms. The van der Waals surface area contributed by atoms with E-state index in [0.29, 0.717) is 11.3 Å². The van der Waals surface area contributed by atoms with Crippen molar-refractivity contribution in [2.75, 3.05) is 20.3 Å². The summed E-state index contributed by atoms with van der Waals surface area (Å²) >= 11 is 0. The van der Waals surface area contributed by atoms with Gasteiger partial charge in [-0.25, -0.2) is 4.79 Å². The van der Waals surface area contributed by atoms with Crippen LogP contribution in [0.15, 0.2) is 24.3 Å². The van der Waals surface area contributed by atoms with Crippen molar-refractivity contribution in [2.24, 2.45) is 5.41 Å². The lowest BCUT2D eigenvalue weighted by Crippen LogP contribution is -2.42. The molecule has 1 atom stereocenters. The topological polar surface area (TPSA) is 93.1 Å². The highest BCUT2D eigenvalue weighted by Gasteiger charge is 2.51. The number of amides is 2. The van der Waals surface area contributed by atoms with Gasteiger partial charge in [-0.15, -0.1) is 0 Å². The Balaban J connectivity index is 1.53. The number of carbonyl (C=O) groups excluding carboxylic acids is 3. The van der Waals surface area contributed by atoms with Crippen molar-refractivity contribution in [1.82, 2.24) is 4.90 Å². The van der Waals surface area contributed by atoms with Crippen LogP contribution in [-0.2, 0) is 14.3 Å². The third kappa shape index (κ3) is 4.13. The summed E-state index contributed by atoms with van der Waals surface area (Å²) in [5.74, 6) is -0.314. The summed E-state index contributed by atoms with van der Waals surface area (Å²) in [6, 6.07) is 6.33. The van der Waals surface area contributed by atoms with E-state index in [4.69, 9.17) is 4.74 Å². The Bertz CT molecular complexity index is 708. The van der Waals surface area contributed by atoms with Gasteiger partial charge in [0, 0.05) is 6.42 Å². The van der Waals surface area contributed by atoms with Gasteiger partial charge in [0.2, 0.25) is 11.8 Å². The predicted molar refractivity (Wildman–Crippen MR) is 96.1 cm³/mol. The maximum atomic E-state index is 12.7. The monoisotopic (exact) mass is 375 g/mol. The molecule has 1 saturated carbocycles. The summed E-state index contributed by atoms with van der Waals surface area (Å²) in [7, 11) is 1.31. The first-order valence-electron chi connectivity index (χ1n) is 9.29. The number of aliphatic hydroxyl groups is 1. The van der Waals surface area contributed by atoms with Gasteiger partial charge in [0.25, 0.3) is 0 Å². The van der Waals surface area contributed by atoms with Crippen LogP contribution in [0.5, 0.6) is 5.75 Å². The molecule has 27 heavy (non-hydrogen) atoms. The van der Waals surface area contributed by atoms with Gasteiger partial charge in [0.05, 0.1) is 24.6 Å². The van der Waals surface area contributed by atoms with Crippen LogP contribution in [0.4, 0.5) is 0 Å². The highest BCUT2D eigenvalue weighted by Crippen LogP contribution is 2.45.